The Morgan fingerprint density at radius 1 is 0.660 bits per heavy atom. The second-order valence-electron chi connectivity index (χ2n) is 13.5. The third kappa shape index (κ3) is 36.3. The van der Waals surface area contributed by atoms with Crippen molar-refractivity contribution >= 4 is 48.0 Å². The highest BCUT2D eigenvalue weighted by atomic mass is 16.4. The molecule has 0 aliphatic heterocycles. The van der Waals surface area contributed by atoms with Crippen molar-refractivity contribution in [1.29, 1.82) is 0 Å². The molecule has 300 valence electrons. The quantitative estimate of drug-likeness (QED) is 0.0919. The van der Waals surface area contributed by atoms with Gasteiger partial charge in [0.1, 0.15) is 12.1 Å². The minimum absolute atomic E-state index is 0.0253. The SMILES string of the molecule is CC(C)(C)Nc1ccc(CCNC(=O)NC(CCC(=O)O)C(=O)O)cc1.CCCC(NC(=O)NCCCCCNC(C)(C)C)C(=O)O.O=C=O.O=C=O. The van der Waals surface area contributed by atoms with Crippen LogP contribution >= 0.6 is 0 Å². The van der Waals surface area contributed by atoms with E-state index in [-0.39, 0.29) is 36.2 Å². The number of carboxylic acid groups (broad SMARTS) is 3. The minimum Gasteiger partial charge on any atom is -0.481 e. The summed E-state index contributed by atoms with van der Waals surface area (Å²) in [5, 5.41) is 43.3. The number of amides is 4. The Bertz CT molecular complexity index is 1270. The van der Waals surface area contributed by atoms with Crippen LogP contribution in [0.1, 0.15) is 99.0 Å². The molecule has 18 heteroatoms. The summed E-state index contributed by atoms with van der Waals surface area (Å²) >= 11 is 0. The first-order valence-electron chi connectivity index (χ1n) is 17.0. The van der Waals surface area contributed by atoms with Gasteiger partial charge in [-0.25, -0.2) is 19.2 Å². The molecule has 0 aliphatic rings. The monoisotopic (exact) mass is 754 g/mol. The maximum absolute atomic E-state index is 11.8. The van der Waals surface area contributed by atoms with E-state index in [1.54, 1.807) is 0 Å². The van der Waals surface area contributed by atoms with Crippen LogP contribution in [0.25, 0.3) is 0 Å². The van der Waals surface area contributed by atoms with Crippen molar-refractivity contribution in [1.82, 2.24) is 26.6 Å². The van der Waals surface area contributed by atoms with Crippen LogP contribution in [0, 0.1) is 0 Å². The summed E-state index contributed by atoms with van der Waals surface area (Å²) in [5.41, 5.74) is 2.16. The summed E-state index contributed by atoms with van der Waals surface area (Å²) in [7, 11) is 0. The van der Waals surface area contributed by atoms with Gasteiger partial charge in [-0.1, -0.05) is 31.9 Å². The van der Waals surface area contributed by atoms with Crippen LogP contribution in [0.5, 0.6) is 0 Å². The van der Waals surface area contributed by atoms with Crippen molar-refractivity contribution in [3.8, 4) is 0 Å². The Morgan fingerprint density at radius 3 is 1.53 bits per heavy atom. The van der Waals surface area contributed by atoms with Gasteiger partial charge in [0.15, 0.2) is 0 Å². The first kappa shape index (κ1) is 52.1. The first-order chi connectivity index (χ1) is 24.7. The van der Waals surface area contributed by atoms with E-state index in [0.29, 0.717) is 25.9 Å². The fourth-order valence-corrected chi connectivity index (χ4v) is 4.09. The molecule has 0 heterocycles. The average molecular weight is 755 g/mol. The number of carboxylic acids is 3. The number of aliphatic carboxylic acids is 3. The highest BCUT2D eigenvalue weighted by Crippen LogP contribution is 2.15. The topological polar surface area (TPSA) is 286 Å². The van der Waals surface area contributed by atoms with E-state index < -0.39 is 42.1 Å². The predicted octanol–water partition coefficient (Wildman–Crippen LogP) is 2.99. The van der Waals surface area contributed by atoms with Gasteiger partial charge in [0.25, 0.3) is 0 Å². The summed E-state index contributed by atoms with van der Waals surface area (Å²) in [4.78, 5) is 88.3. The summed E-state index contributed by atoms with van der Waals surface area (Å²) in [6, 6.07) is 4.79. The second kappa shape index (κ2) is 30.3. The number of rotatable bonds is 19. The van der Waals surface area contributed by atoms with E-state index >= 15 is 0 Å². The predicted molar refractivity (Wildman–Crippen MR) is 193 cm³/mol. The Labute approximate surface area is 310 Å². The molecule has 2 unspecified atom stereocenters. The molecule has 9 N–H and O–H groups in total. The lowest BCUT2D eigenvalue weighted by atomic mass is 10.1. The number of hydrogen-bond donors (Lipinski definition) is 9. The van der Waals surface area contributed by atoms with Crippen molar-refractivity contribution in [2.75, 3.05) is 25.0 Å². The van der Waals surface area contributed by atoms with Crippen molar-refractivity contribution in [3.63, 3.8) is 0 Å². The van der Waals surface area contributed by atoms with Crippen molar-refractivity contribution in [3.05, 3.63) is 29.8 Å². The van der Waals surface area contributed by atoms with E-state index in [0.717, 1.165) is 43.5 Å². The lowest BCUT2D eigenvalue weighted by Crippen LogP contribution is -2.46. The number of benzene rings is 1. The molecular weight excluding hydrogens is 696 g/mol. The molecule has 0 bridgehead atoms. The smallest absolute Gasteiger partial charge is 0.373 e. The summed E-state index contributed by atoms with van der Waals surface area (Å²) in [5.74, 6) is -3.36. The molecule has 0 fully saturated rings. The van der Waals surface area contributed by atoms with Gasteiger partial charge in [0.05, 0.1) is 0 Å². The lowest BCUT2D eigenvalue weighted by Gasteiger charge is -2.22. The van der Waals surface area contributed by atoms with Crippen LogP contribution in [0.4, 0.5) is 15.3 Å². The minimum atomic E-state index is -1.26. The summed E-state index contributed by atoms with van der Waals surface area (Å²) in [6.07, 6.45) is 4.75. The molecule has 0 saturated heterocycles. The van der Waals surface area contributed by atoms with Gasteiger partial charge in [-0.3, -0.25) is 4.79 Å². The number of urea groups is 2. The number of carbonyl (C=O) groups is 5. The van der Waals surface area contributed by atoms with Crippen LogP contribution < -0.4 is 31.9 Å². The molecule has 1 rings (SSSR count). The maximum atomic E-state index is 11.8. The molecule has 4 amide bonds. The van der Waals surface area contributed by atoms with E-state index in [2.05, 4.69) is 73.4 Å². The summed E-state index contributed by atoms with van der Waals surface area (Å²) in [6.45, 7) is 16.4. The van der Waals surface area contributed by atoms with Gasteiger partial charge >= 0.3 is 42.3 Å². The number of anilines is 1. The largest absolute Gasteiger partial charge is 0.481 e. The van der Waals surface area contributed by atoms with Gasteiger partial charge in [0.2, 0.25) is 0 Å². The highest BCUT2D eigenvalue weighted by Gasteiger charge is 2.21. The Morgan fingerprint density at radius 2 is 1.11 bits per heavy atom. The normalized spacial score (nSPS) is 11.3. The summed E-state index contributed by atoms with van der Waals surface area (Å²) < 4.78 is 0. The molecule has 1 aromatic carbocycles. The molecule has 1 aromatic rings. The van der Waals surface area contributed by atoms with Crippen molar-refractivity contribution in [2.24, 2.45) is 0 Å². The van der Waals surface area contributed by atoms with Crippen molar-refractivity contribution in [2.45, 2.75) is 123 Å². The molecule has 0 radical (unpaired) electrons. The van der Waals surface area contributed by atoms with Gasteiger partial charge < -0.3 is 47.2 Å². The zero-order valence-corrected chi connectivity index (χ0v) is 31.8. The molecule has 0 aliphatic carbocycles. The zero-order valence-electron chi connectivity index (χ0n) is 31.8. The molecule has 2 atom stereocenters. The van der Waals surface area contributed by atoms with E-state index in [1.165, 1.54) is 0 Å². The van der Waals surface area contributed by atoms with Crippen LogP contribution in [0.3, 0.4) is 0 Å². The first-order valence-corrected chi connectivity index (χ1v) is 17.0. The highest BCUT2D eigenvalue weighted by molar-refractivity contribution is 5.83. The third-order valence-electron chi connectivity index (χ3n) is 6.40. The molecule has 0 spiro atoms. The number of unbranched alkanes of at least 4 members (excludes halogenated alkanes) is 2. The van der Waals surface area contributed by atoms with Crippen LogP contribution in [0.15, 0.2) is 24.3 Å². The third-order valence-corrected chi connectivity index (χ3v) is 6.40. The molecule has 0 saturated carbocycles. The van der Waals surface area contributed by atoms with E-state index in [1.807, 2.05) is 31.2 Å². The average Bonchev–Trinajstić information content (AvgIpc) is 3.03. The van der Waals surface area contributed by atoms with Crippen LogP contribution in [-0.4, -0.2) is 100 Å². The number of nitrogens with one attached hydrogen (secondary N) is 6. The Hall–Kier alpha value is -5.31. The molecular formula is C35H58N6O12. The van der Waals surface area contributed by atoms with Gasteiger partial charge in [-0.2, -0.15) is 19.2 Å². The second-order valence-corrected chi connectivity index (χ2v) is 13.5. The molecule has 0 aromatic heterocycles. The molecule has 53 heavy (non-hydrogen) atoms. The van der Waals surface area contributed by atoms with Gasteiger partial charge in [0, 0.05) is 36.3 Å². The number of carbonyl (C=O) groups excluding carboxylic acids is 6. The van der Waals surface area contributed by atoms with Gasteiger partial charge in [-0.15, -0.1) is 0 Å². The van der Waals surface area contributed by atoms with Crippen LogP contribution in [-0.2, 0) is 40.0 Å². The maximum Gasteiger partial charge on any atom is 0.373 e. The Kier molecular flexibility index (Phi) is 29.8. The lowest BCUT2D eigenvalue weighted by molar-refractivity contribution is -0.193. The standard InChI is InChI=1S/C18H27N3O5.C15H31N3O3.2CO2/c1-18(2,3)21-13-6-4-12(5-7-13)10-11-19-17(26)20-14(16(24)25)8-9-15(22)23;1-5-9-12(13(19)20)18-14(21)16-10-7-6-8-11-17-15(2,3)4;2*2-1-3/h4-7,14,21H,8-11H2,1-3H3,(H,22,23)(H,24,25)(H2,19,20,26);12,17H,5-11H2,1-4H3,(H,19,20)(H2,16,18,21);;. The van der Waals surface area contributed by atoms with Gasteiger partial charge in [-0.05, 0) is 97.9 Å². The van der Waals surface area contributed by atoms with Crippen molar-refractivity contribution < 1.29 is 58.5 Å². The van der Waals surface area contributed by atoms with E-state index in [4.69, 9.17) is 34.5 Å². The number of hydrogen-bond acceptors (Lipinski definition) is 11. The Balaban J connectivity index is -0.000000834. The fourth-order valence-electron chi connectivity index (χ4n) is 4.09. The van der Waals surface area contributed by atoms with E-state index in [9.17, 15) is 24.0 Å². The van der Waals surface area contributed by atoms with Crippen LogP contribution in [0.2, 0.25) is 0 Å². The molecule has 18 nitrogen and oxygen atoms in total. The fraction of sp³-hybridized carbons (Fsp3) is 0.629. The zero-order chi connectivity index (χ0) is 41.5.